The summed E-state index contributed by atoms with van der Waals surface area (Å²) in [5.41, 5.74) is 1.29. The number of rotatable bonds is 4. The van der Waals surface area contributed by atoms with E-state index in [0.29, 0.717) is 12.1 Å². The Morgan fingerprint density at radius 1 is 1.42 bits per heavy atom. The summed E-state index contributed by atoms with van der Waals surface area (Å²) in [5, 5.41) is 7.89. The van der Waals surface area contributed by atoms with Crippen molar-refractivity contribution in [1.82, 2.24) is 24.9 Å². The number of nitrogens with one attached hydrogen (secondary N) is 1. The van der Waals surface area contributed by atoms with E-state index in [4.69, 9.17) is 0 Å². The maximum absolute atomic E-state index is 4.41. The molecule has 0 radical (unpaired) electrons. The minimum Gasteiger partial charge on any atom is -0.312 e. The largest absolute Gasteiger partial charge is 0.312 e. The van der Waals surface area contributed by atoms with Gasteiger partial charge in [0, 0.05) is 30.9 Å². The van der Waals surface area contributed by atoms with Crippen LogP contribution >= 0.6 is 0 Å². The van der Waals surface area contributed by atoms with Crippen molar-refractivity contribution < 1.29 is 0 Å². The maximum Gasteiger partial charge on any atom is 0.0538 e. The number of hydrogen-bond acceptors (Lipinski definition) is 4. The fourth-order valence-electron chi connectivity index (χ4n) is 2.96. The standard InChI is InChI=1S/C14H27N5/c1-5-19-10-12(9-16-19)14(15-2)13-11-17(3)7-6-8-18(13)4/h9-10,13-15H,5-8,11H2,1-4H3. The lowest BCUT2D eigenvalue weighted by Crippen LogP contribution is -2.46. The number of aromatic nitrogens is 2. The lowest BCUT2D eigenvalue weighted by atomic mass is 10.0. The van der Waals surface area contributed by atoms with E-state index in [1.807, 2.05) is 17.9 Å². The first-order valence-corrected chi connectivity index (χ1v) is 7.24. The Hall–Kier alpha value is -0.910. The van der Waals surface area contributed by atoms with Crippen LogP contribution in [0, 0.1) is 0 Å². The van der Waals surface area contributed by atoms with Gasteiger partial charge in [-0.2, -0.15) is 5.10 Å². The normalized spacial score (nSPS) is 24.3. The topological polar surface area (TPSA) is 36.3 Å². The lowest BCUT2D eigenvalue weighted by molar-refractivity contribution is 0.182. The lowest BCUT2D eigenvalue weighted by Gasteiger charge is -2.34. The van der Waals surface area contributed by atoms with E-state index in [0.717, 1.165) is 19.6 Å². The van der Waals surface area contributed by atoms with Gasteiger partial charge in [0.15, 0.2) is 0 Å². The molecular formula is C14H27N5. The van der Waals surface area contributed by atoms with E-state index in [1.54, 1.807) is 0 Å². The fourth-order valence-corrected chi connectivity index (χ4v) is 2.96. The second-order valence-corrected chi connectivity index (χ2v) is 5.56. The van der Waals surface area contributed by atoms with Crippen LogP contribution in [0.5, 0.6) is 0 Å². The molecule has 1 aliphatic heterocycles. The minimum absolute atomic E-state index is 0.339. The molecule has 1 saturated heterocycles. The molecule has 1 aromatic heterocycles. The first kappa shape index (κ1) is 14.5. The summed E-state index contributed by atoms with van der Waals surface area (Å²) < 4.78 is 2.00. The van der Waals surface area contributed by atoms with Crippen LogP contribution < -0.4 is 5.32 Å². The SMILES string of the molecule is CCn1cc(C(NC)C2CN(C)CCCN2C)cn1. The van der Waals surface area contributed by atoms with Gasteiger partial charge in [0.1, 0.15) is 0 Å². The van der Waals surface area contributed by atoms with Crippen LogP contribution in [0.3, 0.4) is 0 Å². The molecule has 108 valence electrons. The Morgan fingerprint density at radius 3 is 2.84 bits per heavy atom. The summed E-state index contributed by atoms with van der Waals surface area (Å²) >= 11 is 0. The van der Waals surface area contributed by atoms with Crippen molar-refractivity contribution >= 4 is 0 Å². The van der Waals surface area contributed by atoms with Gasteiger partial charge in [-0.3, -0.25) is 4.68 Å². The van der Waals surface area contributed by atoms with Crippen LogP contribution in [0.15, 0.2) is 12.4 Å². The molecule has 0 spiro atoms. The highest BCUT2D eigenvalue weighted by Crippen LogP contribution is 2.22. The molecule has 19 heavy (non-hydrogen) atoms. The third kappa shape index (κ3) is 3.35. The van der Waals surface area contributed by atoms with Crippen molar-refractivity contribution in [2.24, 2.45) is 0 Å². The summed E-state index contributed by atoms with van der Waals surface area (Å²) in [7, 11) is 6.50. The number of likely N-dealkylation sites (N-methyl/N-ethyl adjacent to an activating group) is 3. The Labute approximate surface area is 116 Å². The zero-order valence-corrected chi connectivity index (χ0v) is 12.6. The molecule has 0 bridgehead atoms. The third-order valence-corrected chi connectivity index (χ3v) is 4.15. The number of aryl methyl sites for hydroxylation is 1. The zero-order chi connectivity index (χ0) is 13.8. The van der Waals surface area contributed by atoms with Crippen LogP contribution in [-0.4, -0.2) is 66.4 Å². The molecule has 0 aromatic carbocycles. The molecule has 0 aliphatic carbocycles. The summed E-state index contributed by atoms with van der Waals surface area (Å²) in [6, 6.07) is 0.831. The van der Waals surface area contributed by atoms with E-state index in [9.17, 15) is 0 Å². The van der Waals surface area contributed by atoms with E-state index in [-0.39, 0.29) is 0 Å². The molecule has 1 aromatic rings. The van der Waals surface area contributed by atoms with Gasteiger partial charge < -0.3 is 15.1 Å². The van der Waals surface area contributed by atoms with Crippen molar-refractivity contribution in [2.45, 2.75) is 32.0 Å². The summed E-state index contributed by atoms with van der Waals surface area (Å²) in [6.07, 6.45) is 5.41. The average Bonchev–Trinajstić information content (AvgIpc) is 2.80. The fraction of sp³-hybridized carbons (Fsp3) is 0.786. The second-order valence-electron chi connectivity index (χ2n) is 5.56. The van der Waals surface area contributed by atoms with Gasteiger partial charge in [0.2, 0.25) is 0 Å². The van der Waals surface area contributed by atoms with Gasteiger partial charge in [-0.1, -0.05) is 0 Å². The quantitative estimate of drug-likeness (QED) is 0.873. The Bertz CT molecular complexity index is 389. The summed E-state index contributed by atoms with van der Waals surface area (Å²) in [5.74, 6) is 0. The average molecular weight is 265 g/mol. The molecule has 1 N–H and O–H groups in total. The van der Waals surface area contributed by atoms with Gasteiger partial charge >= 0.3 is 0 Å². The third-order valence-electron chi connectivity index (χ3n) is 4.15. The monoisotopic (exact) mass is 265 g/mol. The highest BCUT2D eigenvalue weighted by Gasteiger charge is 2.29. The van der Waals surface area contributed by atoms with Crippen LogP contribution in [0.4, 0.5) is 0 Å². The second kappa shape index (κ2) is 6.50. The molecule has 0 saturated carbocycles. The van der Waals surface area contributed by atoms with E-state index >= 15 is 0 Å². The molecule has 2 rings (SSSR count). The minimum atomic E-state index is 0.339. The maximum atomic E-state index is 4.41. The van der Waals surface area contributed by atoms with Crippen molar-refractivity contribution in [1.29, 1.82) is 0 Å². The van der Waals surface area contributed by atoms with Gasteiger partial charge in [0.25, 0.3) is 0 Å². The highest BCUT2D eigenvalue weighted by atomic mass is 15.3. The highest BCUT2D eigenvalue weighted by molar-refractivity contribution is 5.14. The van der Waals surface area contributed by atoms with Gasteiger partial charge in [0.05, 0.1) is 12.2 Å². The van der Waals surface area contributed by atoms with Crippen LogP contribution in [0.25, 0.3) is 0 Å². The predicted molar refractivity (Wildman–Crippen MR) is 78.2 cm³/mol. The molecular weight excluding hydrogens is 238 g/mol. The first-order chi connectivity index (χ1) is 9.15. The van der Waals surface area contributed by atoms with Crippen LogP contribution in [0.1, 0.15) is 24.9 Å². The molecule has 1 fully saturated rings. The molecule has 2 unspecified atom stereocenters. The van der Waals surface area contributed by atoms with Crippen molar-refractivity contribution in [3.8, 4) is 0 Å². The first-order valence-electron chi connectivity index (χ1n) is 7.24. The van der Waals surface area contributed by atoms with Crippen LogP contribution in [0.2, 0.25) is 0 Å². The van der Waals surface area contributed by atoms with E-state index in [1.165, 1.54) is 18.5 Å². The zero-order valence-electron chi connectivity index (χ0n) is 12.6. The Morgan fingerprint density at radius 2 is 2.21 bits per heavy atom. The molecule has 1 aliphatic rings. The van der Waals surface area contributed by atoms with E-state index in [2.05, 4.69) is 47.4 Å². The van der Waals surface area contributed by atoms with Gasteiger partial charge in [-0.25, -0.2) is 0 Å². The van der Waals surface area contributed by atoms with Crippen molar-refractivity contribution in [2.75, 3.05) is 40.8 Å². The summed E-state index contributed by atoms with van der Waals surface area (Å²) in [6.45, 7) is 6.49. The predicted octanol–water partition coefficient (Wildman–Crippen LogP) is 0.799. The number of nitrogens with zero attached hydrogens (tertiary/aromatic N) is 4. The molecule has 2 atom stereocenters. The van der Waals surface area contributed by atoms with Gasteiger partial charge in [-0.15, -0.1) is 0 Å². The van der Waals surface area contributed by atoms with E-state index < -0.39 is 0 Å². The Kier molecular flexibility index (Phi) is 4.96. The van der Waals surface area contributed by atoms with Gasteiger partial charge in [-0.05, 0) is 47.6 Å². The molecule has 0 amide bonds. The van der Waals surface area contributed by atoms with Crippen molar-refractivity contribution in [3.05, 3.63) is 18.0 Å². The van der Waals surface area contributed by atoms with Crippen molar-refractivity contribution in [3.63, 3.8) is 0 Å². The molecule has 5 heteroatoms. The summed E-state index contributed by atoms with van der Waals surface area (Å²) in [4.78, 5) is 4.91. The number of hydrogen-bond donors (Lipinski definition) is 1. The smallest absolute Gasteiger partial charge is 0.0538 e. The molecule has 2 heterocycles. The molecule has 5 nitrogen and oxygen atoms in total. The van der Waals surface area contributed by atoms with Crippen LogP contribution in [-0.2, 0) is 6.54 Å². The Balaban J connectivity index is 2.18.